The largest absolute Gasteiger partial charge is 0.481 e. The average Bonchev–Trinajstić information content (AvgIpc) is 2.88. The van der Waals surface area contributed by atoms with Crippen molar-refractivity contribution in [3.63, 3.8) is 0 Å². The molecule has 18 heavy (non-hydrogen) atoms. The highest BCUT2D eigenvalue weighted by Crippen LogP contribution is 2.35. The molecule has 1 fully saturated rings. The van der Waals surface area contributed by atoms with E-state index in [0.29, 0.717) is 17.9 Å². The quantitative estimate of drug-likeness (QED) is 0.821. The second-order valence-corrected chi connectivity index (χ2v) is 5.01. The summed E-state index contributed by atoms with van der Waals surface area (Å²) in [6.45, 7) is 0. The molecule has 0 aromatic heterocycles. The summed E-state index contributed by atoms with van der Waals surface area (Å²) in [4.78, 5) is 11.5. The van der Waals surface area contributed by atoms with Crippen molar-refractivity contribution in [3.05, 3.63) is 35.4 Å². The van der Waals surface area contributed by atoms with E-state index in [2.05, 4.69) is 5.92 Å². The van der Waals surface area contributed by atoms with E-state index in [0.717, 1.165) is 18.4 Å². The Morgan fingerprint density at radius 3 is 2.67 bits per heavy atom. The number of carboxylic acids is 1. The van der Waals surface area contributed by atoms with Crippen molar-refractivity contribution in [3.8, 4) is 12.3 Å². The lowest BCUT2D eigenvalue weighted by atomic mass is 9.86. The van der Waals surface area contributed by atoms with Crippen LogP contribution in [-0.4, -0.2) is 11.1 Å². The van der Waals surface area contributed by atoms with Crippen molar-refractivity contribution in [1.29, 1.82) is 0 Å². The Morgan fingerprint density at radius 2 is 2.06 bits per heavy atom. The topological polar surface area (TPSA) is 37.3 Å². The Balaban J connectivity index is 2.24. The number of hydrogen-bond donors (Lipinski definition) is 1. The summed E-state index contributed by atoms with van der Waals surface area (Å²) >= 11 is 0. The third-order valence-corrected chi connectivity index (χ3v) is 3.83. The molecule has 0 amide bonds. The van der Waals surface area contributed by atoms with E-state index in [4.69, 9.17) is 6.42 Å². The second kappa shape index (κ2) is 5.73. The zero-order chi connectivity index (χ0) is 13.0. The number of carbonyl (C=O) groups is 1. The monoisotopic (exact) mass is 242 g/mol. The van der Waals surface area contributed by atoms with Gasteiger partial charge in [-0.3, -0.25) is 4.79 Å². The molecule has 1 N–H and O–H groups in total. The third kappa shape index (κ3) is 2.73. The van der Waals surface area contributed by atoms with Crippen molar-refractivity contribution >= 4 is 5.97 Å². The Bertz CT molecular complexity index is 464. The van der Waals surface area contributed by atoms with Crippen molar-refractivity contribution in [2.24, 2.45) is 5.92 Å². The van der Waals surface area contributed by atoms with Gasteiger partial charge in [-0.05, 0) is 24.0 Å². The van der Waals surface area contributed by atoms with Crippen LogP contribution in [0.15, 0.2) is 24.3 Å². The third-order valence-electron chi connectivity index (χ3n) is 3.83. The molecular formula is C16H18O2. The zero-order valence-corrected chi connectivity index (χ0v) is 10.4. The van der Waals surface area contributed by atoms with E-state index in [1.54, 1.807) is 0 Å². The van der Waals surface area contributed by atoms with Gasteiger partial charge in [0.25, 0.3) is 0 Å². The predicted octanol–water partition coefficient (Wildman–Crippen LogP) is 3.42. The lowest BCUT2D eigenvalue weighted by Crippen LogP contribution is -2.16. The van der Waals surface area contributed by atoms with Crippen molar-refractivity contribution in [2.45, 2.75) is 38.0 Å². The summed E-state index contributed by atoms with van der Waals surface area (Å²) in [6.07, 6.45) is 10.9. The van der Waals surface area contributed by atoms with Crippen molar-refractivity contribution in [2.75, 3.05) is 0 Å². The SMILES string of the molecule is C#Cc1ccccc1C(CC1CCCC1)C(=O)O. The molecule has 0 aliphatic heterocycles. The number of benzene rings is 1. The number of rotatable bonds is 4. The van der Waals surface area contributed by atoms with Gasteiger partial charge in [0.2, 0.25) is 0 Å². The molecule has 94 valence electrons. The van der Waals surface area contributed by atoms with Crippen LogP contribution in [0.5, 0.6) is 0 Å². The maximum Gasteiger partial charge on any atom is 0.311 e. The number of carboxylic acid groups (broad SMARTS) is 1. The molecule has 1 atom stereocenters. The molecule has 2 rings (SSSR count). The molecule has 1 aromatic rings. The minimum absolute atomic E-state index is 0.458. The molecule has 2 nitrogen and oxygen atoms in total. The second-order valence-electron chi connectivity index (χ2n) is 5.01. The first-order chi connectivity index (χ1) is 8.72. The molecule has 1 saturated carbocycles. The lowest BCUT2D eigenvalue weighted by Gasteiger charge is -2.18. The van der Waals surface area contributed by atoms with Crippen molar-refractivity contribution in [1.82, 2.24) is 0 Å². The first-order valence-electron chi connectivity index (χ1n) is 6.50. The Kier molecular flexibility index (Phi) is 4.04. The number of terminal acetylenes is 1. The van der Waals surface area contributed by atoms with Gasteiger partial charge in [0.1, 0.15) is 0 Å². The maximum absolute atomic E-state index is 11.5. The summed E-state index contributed by atoms with van der Waals surface area (Å²) in [6, 6.07) is 7.39. The van der Waals surface area contributed by atoms with E-state index in [1.807, 2.05) is 24.3 Å². The maximum atomic E-state index is 11.5. The van der Waals surface area contributed by atoms with E-state index >= 15 is 0 Å². The summed E-state index contributed by atoms with van der Waals surface area (Å²) in [5, 5.41) is 9.44. The number of hydrogen-bond acceptors (Lipinski definition) is 1. The lowest BCUT2D eigenvalue weighted by molar-refractivity contribution is -0.139. The van der Waals surface area contributed by atoms with Gasteiger partial charge in [-0.2, -0.15) is 0 Å². The number of aliphatic carboxylic acids is 1. The van der Waals surface area contributed by atoms with E-state index in [-0.39, 0.29) is 0 Å². The highest BCUT2D eigenvalue weighted by Gasteiger charge is 2.27. The average molecular weight is 242 g/mol. The molecular weight excluding hydrogens is 224 g/mol. The van der Waals surface area contributed by atoms with Crippen LogP contribution in [0.25, 0.3) is 0 Å². The molecule has 0 bridgehead atoms. The van der Waals surface area contributed by atoms with Crippen LogP contribution in [0, 0.1) is 18.3 Å². The van der Waals surface area contributed by atoms with Crippen LogP contribution in [0.3, 0.4) is 0 Å². The summed E-state index contributed by atoms with van der Waals surface area (Å²) < 4.78 is 0. The van der Waals surface area contributed by atoms with Crippen LogP contribution in [0.2, 0.25) is 0 Å². The molecule has 1 unspecified atom stereocenters. The van der Waals surface area contributed by atoms with Crippen LogP contribution < -0.4 is 0 Å². The van der Waals surface area contributed by atoms with E-state index in [1.165, 1.54) is 12.8 Å². The molecule has 0 saturated heterocycles. The summed E-state index contributed by atoms with van der Waals surface area (Å²) in [5.74, 6) is 1.91. The van der Waals surface area contributed by atoms with Gasteiger partial charge in [-0.15, -0.1) is 6.42 Å². The predicted molar refractivity (Wildman–Crippen MR) is 71.3 cm³/mol. The van der Waals surface area contributed by atoms with Gasteiger partial charge in [-0.25, -0.2) is 0 Å². The van der Waals surface area contributed by atoms with Crippen LogP contribution in [-0.2, 0) is 4.79 Å². The molecule has 1 aliphatic rings. The molecule has 2 heteroatoms. The van der Waals surface area contributed by atoms with Gasteiger partial charge in [0, 0.05) is 5.56 Å². The summed E-state index contributed by atoms with van der Waals surface area (Å²) in [5.41, 5.74) is 1.50. The fraction of sp³-hybridized carbons (Fsp3) is 0.438. The van der Waals surface area contributed by atoms with Gasteiger partial charge in [0.05, 0.1) is 5.92 Å². The van der Waals surface area contributed by atoms with Crippen LogP contribution >= 0.6 is 0 Å². The fourth-order valence-electron chi connectivity index (χ4n) is 2.87. The normalized spacial score (nSPS) is 17.3. The molecule has 0 heterocycles. The van der Waals surface area contributed by atoms with E-state index < -0.39 is 11.9 Å². The fourth-order valence-corrected chi connectivity index (χ4v) is 2.87. The highest BCUT2D eigenvalue weighted by molar-refractivity contribution is 5.77. The first-order valence-corrected chi connectivity index (χ1v) is 6.50. The van der Waals surface area contributed by atoms with Crippen molar-refractivity contribution < 1.29 is 9.90 Å². The highest BCUT2D eigenvalue weighted by atomic mass is 16.4. The standard InChI is InChI=1S/C16H18O2/c1-2-13-9-5-6-10-14(13)15(16(17)18)11-12-7-3-4-8-12/h1,5-6,9-10,12,15H,3-4,7-8,11H2,(H,17,18). The van der Waals surface area contributed by atoms with Gasteiger partial charge >= 0.3 is 5.97 Å². The minimum Gasteiger partial charge on any atom is -0.481 e. The smallest absolute Gasteiger partial charge is 0.311 e. The minimum atomic E-state index is -0.760. The van der Waals surface area contributed by atoms with Crippen LogP contribution in [0.1, 0.15) is 49.1 Å². The first kappa shape index (κ1) is 12.7. The van der Waals surface area contributed by atoms with Gasteiger partial charge in [-0.1, -0.05) is 49.8 Å². The van der Waals surface area contributed by atoms with Gasteiger partial charge in [0.15, 0.2) is 0 Å². The molecule has 0 spiro atoms. The Morgan fingerprint density at radius 1 is 1.39 bits per heavy atom. The van der Waals surface area contributed by atoms with Crippen LogP contribution in [0.4, 0.5) is 0 Å². The van der Waals surface area contributed by atoms with E-state index in [9.17, 15) is 9.90 Å². The zero-order valence-electron chi connectivity index (χ0n) is 10.4. The molecule has 1 aromatic carbocycles. The molecule has 0 radical (unpaired) electrons. The summed E-state index contributed by atoms with van der Waals surface area (Å²) in [7, 11) is 0. The van der Waals surface area contributed by atoms with Gasteiger partial charge < -0.3 is 5.11 Å². The Labute approximate surface area is 108 Å². The molecule has 1 aliphatic carbocycles. The Hall–Kier alpha value is -1.75.